The van der Waals surface area contributed by atoms with E-state index in [1.54, 1.807) is 0 Å². The number of benzene rings is 1. The minimum atomic E-state index is -1.17. The molecule has 1 aromatic carbocycles. The van der Waals surface area contributed by atoms with Crippen LogP contribution >= 0.6 is 0 Å². The summed E-state index contributed by atoms with van der Waals surface area (Å²) in [4.78, 5) is 24.0. The fourth-order valence-corrected chi connectivity index (χ4v) is 9.78. The summed E-state index contributed by atoms with van der Waals surface area (Å²) in [5.41, 5.74) is 1.66. The van der Waals surface area contributed by atoms with Gasteiger partial charge in [0.15, 0.2) is 0 Å². The van der Waals surface area contributed by atoms with E-state index in [2.05, 4.69) is 13.8 Å². The number of carbonyl (C=O) groups is 2. The zero-order valence-electron chi connectivity index (χ0n) is 23.0. The van der Waals surface area contributed by atoms with Crippen molar-refractivity contribution in [1.29, 1.82) is 0 Å². The fourth-order valence-electron chi connectivity index (χ4n) is 9.78. The summed E-state index contributed by atoms with van der Waals surface area (Å²) in [5, 5.41) is 9.47. The molecule has 1 unspecified atom stereocenters. The van der Waals surface area contributed by atoms with Crippen molar-refractivity contribution < 1.29 is 24.2 Å². The molecule has 0 aromatic heterocycles. The molecule has 5 rings (SSSR count). The van der Waals surface area contributed by atoms with Crippen molar-refractivity contribution in [2.24, 2.45) is 46.3 Å². The van der Waals surface area contributed by atoms with Gasteiger partial charge in [-0.05, 0) is 111 Å². The maximum absolute atomic E-state index is 12.4. The number of hydrogen-bond acceptors (Lipinski definition) is 4. The van der Waals surface area contributed by atoms with E-state index in [9.17, 15) is 14.7 Å². The smallest absolute Gasteiger partial charge is 0.450 e. The van der Waals surface area contributed by atoms with Crippen LogP contribution in [0, 0.1) is 46.3 Å². The van der Waals surface area contributed by atoms with Gasteiger partial charge in [0.2, 0.25) is 0 Å². The second-order valence-electron chi connectivity index (χ2n) is 13.2. The Kier molecular flexibility index (Phi) is 7.73. The summed E-state index contributed by atoms with van der Waals surface area (Å²) in [6, 6.07) is 10.1. The van der Waals surface area contributed by atoms with Gasteiger partial charge in [0, 0.05) is 12.3 Å². The molecule has 204 valence electrons. The van der Waals surface area contributed by atoms with Crippen LogP contribution in [-0.4, -0.2) is 29.8 Å². The Labute approximate surface area is 222 Å². The van der Waals surface area contributed by atoms with Crippen LogP contribution < -0.4 is 0 Å². The molecule has 37 heavy (non-hydrogen) atoms. The molecule has 4 aliphatic rings. The summed E-state index contributed by atoms with van der Waals surface area (Å²) >= 11 is 0. The number of hydrogen-bond donors (Lipinski definition) is 1. The number of ketones is 1. The van der Waals surface area contributed by atoms with Gasteiger partial charge in [-0.15, -0.1) is 0 Å². The largest absolute Gasteiger partial charge is 0.506 e. The van der Waals surface area contributed by atoms with E-state index in [1.807, 2.05) is 37.3 Å². The highest BCUT2D eigenvalue weighted by molar-refractivity contribution is 5.79. The Bertz CT molecular complexity index is 961. The van der Waals surface area contributed by atoms with E-state index in [0.29, 0.717) is 42.7 Å². The number of carbonyl (C=O) groups excluding carboxylic acids is 1. The first-order valence-electron chi connectivity index (χ1n) is 14.7. The van der Waals surface area contributed by atoms with Crippen LogP contribution in [0.2, 0.25) is 0 Å². The van der Waals surface area contributed by atoms with Crippen molar-refractivity contribution in [3.63, 3.8) is 0 Å². The van der Waals surface area contributed by atoms with E-state index in [-0.39, 0.29) is 23.4 Å². The normalized spacial score (nSPS) is 39.6. The Morgan fingerprint density at radius 3 is 2.43 bits per heavy atom. The second-order valence-corrected chi connectivity index (χ2v) is 13.2. The summed E-state index contributed by atoms with van der Waals surface area (Å²) in [7, 11) is 0. The van der Waals surface area contributed by atoms with E-state index >= 15 is 0 Å². The molecule has 0 heterocycles. The van der Waals surface area contributed by atoms with Crippen molar-refractivity contribution in [2.75, 3.05) is 6.61 Å². The molecule has 4 saturated carbocycles. The van der Waals surface area contributed by atoms with Crippen LogP contribution in [-0.2, 0) is 20.9 Å². The number of rotatable bonds is 8. The van der Waals surface area contributed by atoms with Crippen LogP contribution in [0.25, 0.3) is 0 Å². The first-order chi connectivity index (χ1) is 17.7. The summed E-state index contributed by atoms with van der Waals surface area (Å²) in [6.07, 6.45) is 9.67. The summed E-state index contributed by atoms with van der Waals surface area (Å²) < 4.78 is 11.4. The van der Waals surface area contributed by atoms with Crippen LogP contribution in [0.3, 0.4) is 0 Å². The Hall–Kier alpha value is -1.88. The lowest BCUT2D eigenvalue weighted by Gasteiger charge is -2.61. The lowest BCUT2D eigenvalue weighted by molar-refractivity contribution is -0.138. The molecule has 0 saturated heterocycles. The molecule has 9 atom stereocenters. The molecule has 0 bridgehead atoms. The second kappa shape index (κ2) is 10.7. The third-order valence-electron chi connectivity index (χ3n) is 11.6. The molecule has 0 aliphatic heterocycles. The standard InChI is InChI=1S/C32H46O5/c1-21(33)26-11-12-27-25-10-9-24-19-23(13-16-31(24,2)28(25)14-17-32(26,27)3)29(37-30(34)35)15-18-36-20-22-7-5-4-6-8-22/h4-8,23-29H,9-20H2,1-3H3,(H,34,35)/t23-,24+,25+,26-,27+,28+,29?,31+,32-/m1/s1. The molecule has 4 aliphatic carbocycles. The molecule has 0 spiro atoms. The zero-order valence-corrected chi connectivity index (χ0v) is 23.0. The summed E-state index contributed by atoms with van der Waals surface area (Å²) in [6.45, 7) is 7.83. The van der Waals surface area contributed by atoms with Crippen molar-refractivity contribution in [3.05, 3.63) is 35.9 Å². The van der Waals surface area contributed by atoms with Crippen LogP contribution in [0.15, 0.2) is 30.3 Å². The van der Waals surface area contributed by atoms with Gasteiger partial charge in [-0.3, -0.25) is 4.79 Å². The molecule has 5 heteroatoms. The third-order valence-corrected chi connectivity index (χ3v) is 11.6. The molecule has 5 nitrogen and oxygen atoms in total. The van der Waals surface area contributed by atoms with Crippen molar-refractivity contribution >= 4 is 11.9 Å². The molecular weight excluding hydrogens is 464 g/mol. The average molecular weight is 511 g/mol. The van der Waals surface area contributed by atoms with E-state index in [0.717, 1.165) is 43.1 Å². The summed E-state index contributed by atoms with van der Waals surface area (Å²) in [5.74, 6) is 3.75. The topological polar surface area (TPSA) is 72.8 Å². The Morgan fingerprint density at radius 2 is 1.70 bits per heavy atom. The SMILES string of the molecule is CC(=O)[C@H]1CC[C@H]2[C@@H]3CC[C@H]4C[C@H](C(CCOCc5ccccc5)OC(=O)O)CC[C@]4(C)[C@H]3CC[C@]12C. The van der Waals surface area contributed by atoms with E-state index in [4.69, 9.17) is 9.47 Å². The minimum Gasteiger partial charge on any atom is -0.450 e. The molecular formula is C32H46O5. The lowest BCUT2D eigenvalue weighted by atomic mass is 9.44. The minimum absolute atomic E-state index is 0.202. The number of ether oxygens (including phenoxy) is 2. The predicted octanol–water partition coefficient (Wildman–Crippen LogP) is 7.52. The number of Topliss-reactive ketones (excluding diaryl/α,β-unsaturated/α-hetero) is 1. The van der Waals surface area contributed by atoms with Gasteiger partial charge in [-0.1, -0.05) is 44.2 Å². The average Bonchev–Trinajstić information content (AvgIpc) is 3.23. The monoisotopic (exact) mass is 510 g/mol. The first-order valence-corrected chi connectivity index (χ1v) is 14.7. The third kappa shape index (κ3) is 5.10. The maximum atomic E-state index is 12.4. The maximum Gasteiger partial charge on any atom is 0.506 e. The van der Waals surface area contributed by atoms with Gasteiger partial charge >= 0.3 is 6.16 Å². The molecule has 1 aromatic rings. The van der Waals surface area contributed by atoms with Gasteiger partial charge in [0.05, 0.1) is 13.2 Å². The van der Waals surface area contributed by atoms with Crippen molar-refractivity contribution in [2.45, 2.75) is 97.7 Å². The molecule has 1 N–H and O–H groups in total. The van der Waals surface area contributed by atoms with Gasteiger partial charge in [-0.25, -0.2) is 4.79 Å². The number of carboxylic acid groups (broad SMARTS) is 1. The molecule has 0 radical (unpaired) electrons. The zero-order chi connectivity index (χ0) is 26.2. The predicted molar refractivity (Wildman–Crippen MR) is 143 cm³/mol. The number of fused-ring (bicyclic) bond motifs is 5. The van der Waals surface area contributed by atoms with Crippen LogP contribution in [0.1, 0.15) is 90.5 Å². The van der Waals surface area contributed by atoms with Gasteiger partial charge in [-0.2, -0.15) is 0 Å². The van der Waals surface area contributed by atoms with E-state index < -0.39 is 6.16 Å². The van der Waals surface area contributed by atoms with Crippen molar-refractivity contribution in [3.8, 4) is 0 Å². The highest BCUT2D eigenvalue weighted by Crippen LogP contribution is 2.68. The highest BCUT2D eigenvalue weighted by atomic mass is 16.7. The van der Waals surface area contributed by atoms with Crippen LogP contribution in [0.4, 0.5) is 4.79 Å². The highest BCUT2D eigenvalue weighted by Gasteiger charge is 2.61. The van der Waals surface area contributed by atoms with Gasteiger partial charge in [0.25, 0.3) is 0 Å². The molecule has 4 fully saturated rings. The van der Waals surface area contributed by atoms with Gasteiger partial charge in [0.1, 0.15) is 11.9 Å². The van der Waals surface area contributed by atoms with E-state index in [1.165, 1.54) is 32.1 Å². The first kappa shape index (κ1) is 26.7. The Balaban J connectivity index is 1.22. The molecule has 0 amide bonds. The quantitative estimate of drug-likeness (QED) is 0.289. The van der Waals surface area contributed by atoms with Crippen molar-refractivity contribution in [1.82, 2.24) is 0 Å². The lowest BCUT2D eigenvalue weighted by Crippen LogP contribution is -2.54. The van der Waals surface area contributed by atoms with Crippen LogP contribution in [0.5, 0.6) is 0 Å². The Morgan fingerprint density at radius 1 is 0.973 bits per heavy atom. The fraction of sp³-hybridized carbons (Fsp3) is 0.750. The van der Waals surface area contributed by atoms with Gasteiger partial charge < -0.3 is 14.6 Å².